The van der Waals surface area contributed by atoms with Crippen LogP contribution in [0, 0.1) is 10.1 Å². The van der Waals surface area contributed by atoms with Gasteiger partial charge in [-0.05, 0) is 49.2 Å². The van der Waals surface area contributed by atoms with Crippen molar-refractivity contribution in [1.82, 2.24) is 4.57 Å². The molecular weight excluding hydrogens is 590 g/mol. The fourth-order valence-electron chi connectivity index (χ4n) is 4.42. The molecule has 0 spiro atoms. The second kappa shape index (κ2) is 12.0. The molecule has 204 valence electrons. The van der Waals surface area contributed by atoms with Gasteiger partial charge in [-0.3, -0.25) is 19.5 Å². The van der Waals surface area contributed by atoms with Gasteiger partial charge < -0.3 is 14.2 Å². The van der Waals surface area contributed by atoms with Gasteiger partial charge in [0.15, 0.2) is 10.6 Å². The summed E-state index contributed by atoms with van der Waals surface area (Å²) in [6.07, 6.45) is 2.78. The summed E-state index contributed by atoms with van der Waals surface area (Å²) in [5.41, 5.74) is 1.23. The van der Waals surface area contributed by atoms with E-state index in [-0.39, 0.29) is 23.6 Å². The molecule has 0 fully saturated rings. The van der Waals surface area contributed by atoms with E-state index in [4.69, 9.17) is 19.2 Å². The Morgan fingerprint density at radius 3 is 2.54 bits per heavy atom. The smallest absolute Gasteiger partial charge is 0.338 e. The maximum atomic E-state index is 13.9. The zero-order valence-electron chi connectivity index (χ0n) is 21.7. The number of benzene rings is 2. The number of fused-ring (bicyclic) bond motifs is 1. The van der Waals surface area contributed by atoms with Crippen LogP contribution < -0.4 is 24.4 Å². The lowest BCUT2D eigenvalue weighted by atomic mass is 9.93. The summed E-state index contributed by atoms with van der Waals surface area (Å²) < 4.78 is 18.6. The van der Waals surface area contributed by atoms with Gasteiger partial charge in [0, 0.05) is 16.1 Å². The van der Waals surface area contributed by atoms with Crippen molar-refractivity contribution < 1.29 is 23.9 Å². The zero-order chi connectivity index (χ0) is 28.3. The average Bonchev–Trinajstić information content (AvgIpc) is 3.22. The number of ether oxygens (including phenoxy) is 3. The van der Waals surface area contributed by atoms with Crippen molar-refractivity contribution in [2.24, 2.45) is 4.99 Å². The normalized spacial score (nSPS) is 15.0. The summed E-state index contributed by atoms with van der Waals surface area (Å²) in [5, 5.41) is 11.5. The predicted octanol–water partition coefficient (Wildman–Crippen LogP) is 4.27. The Hall–Kier alpha value is -3.77. The maximum Gasteiger partial charge on any atom is 0.338 e. The molecule has 2 aromatic carbocycles. The Kier molecular flexibility index (Phi) is 8.66. The average molecular weight is 616 g/mol. The lowest BCUT2D eigenvalue weighted by Gasteiger charge is -2.27. The van der Waals surface area contributed by atoms with E-state index < -0.39 is 22.5 Å². The number of aromatic nitrogens is 1. The van der Waals surface area contributed by atoms with Crippen LogP contribution in [-0.4, -0.2) is 36.3 Å². The third-order valence-electron chi connectivity index (χ3n) is 6.08. The Bertz CT molecular complexity index is 1660. The third kappa shape index (κ3) is 5.52. The van der Waals surface area contributed by atoms with Crippen LogP contribution in [0.15, 0.2) is 61.9 Å². The van der Waals surface area contributed by atoms with E-state index in [9.17, 15) is 19.7 Å². The van der Waals surface area contributed by atoms with Gasteiger partial charge in [0.05, 0.1) is 41.6 Å². The van der Waals surface area contributed by atoms with E-state index in [0.717, 1.165) is 15.8 Å². The van der Waals surface area contributed by atoms with Gasteiger partial charge in [-0.15, -0.1) is 0 Å². The highest BCUT2D eigenvalue weighted by atomic mass is 79.9. The standard InChI is InChI=1S/C27H26BrN3O7S/c1-5-7-18-23(26(33)38-6-2)24(17-14-16(28)9-11-20(17)36-3)30-25(32)22(39-27(30)29-18)13-15-8-10-21(37-4)19(12-15)31(34)35/h8-14,24H,5-7H2,1-4H3/b22-13+/t24-/m0/s1. The van der Waals surface area contributed by atoms with Crippen LogP contribution >= 0.6 is 27.3 Å². The van der Waals surface area contributed by atoms with Crippen LogP contribution in [-0.2, 0) is 9.53 Å². The summed E-state index contributed by atoms with van der Waals surface area (Å²) in [6, 6.07) is 8.97. The lowest BCUT2D eigenvalue weighted by molar-refractivity contribution is -0.385. The molecular formula is C27H26BrN3O7S. The number of hydrogen-bond donors (Lipinski definition) is 0. The van der Waals surface area contributed by atoms with Gasteiger partial charge in [-0.1, -0.05) is 46.7 Å². The summed E-state index contributed by atoms with van der Waals surface area (Å²) in [6.45, 7) is 3.85. The summed E-state index contributed by atoms with van der Waals surface area (Å²) >= 11 is 4.64. The number of thiazole rings is 1. The van der Waals surface area contributed by atoms with Crippen LogP contribution in [0.5, 0.6) is 11.5 Å². The van der Waals surface area contributed by atoms with Gasteiger partial charge in [0.1, 0.15) is 11.8 Å². The topological polar surface area (TPSA) is 122 Å². The molecule has 0 bridgehead atoms. The van der Waals surface area contributed by atoms with Crippen LogP contribution in [0.3, 0.4) is 0 Å². The highest BCUT2D eigenvalue weighted by molar-refractivity contribution is 9.10. The van der Waals surface area contributed by atoms with E-state index in [1.165, 1.54) is 30.9 Å². The molecule has 1 aliphatic rings. The van der Waals surface area contributed by atoms with E-state index in [0.29, 0.717) is 44.7 Å². The molecule has 2 heterocycles. The number of hydrogen-bond acceptors (Lipinski definition) is 9. The van der Waals surface area contributed by atoms with Crippen molar-refractivity contribution in [3.63, 3.8) is 0 Å². The Balaban J connectivity index is 2.03. The molecule has 0 unspecified atom stereocenters. The molecule has 1 aromatic heterocycles. The molecule has 0 radical (unpaired) electrons. The number of nitro benzene ring substituents is 1. The van der Waals surface area contributed by atoms with E-state index in [2.05, 4.69) is 15.9 Å². The van der Waals surface area contributed by atoms with Crippen LogP contribution in [0.1, 0.15) is 43.9 Å². The number of halogens is 1. The first-order valence-corrected chi connectivity index (χ1v) is 13.7. The monoisotopic (exact) mass is 615 g/mol. The van der Waals surface area contributed by atoms with E-state index in [1.54, 1.807) is 25.1 Å². The quantitative estimate of drug-likeness (QED) is 0.200. The van der Waals surface area contributed by atoms with Crippen molar-refractivity contribution in [1.29, 1.82) is 0 Å². The first-order valence-electron chi connectivity index (χ1n) is 12.1. The molecule has 12 heteroatoms. The Morgan fingerprint density at radius 1 is 1.18 bits per heavy atom. The second-order valence-corrected chi connectivity index (χ2v) is 10.4. The van der Waals surface area contributed by atoms with Gasteiger partial charge in [-0.2, -0.15) is 0 Å². The maximum absolute atomic E-state index is 13.9. The summed E-state index contributed by atoms with van der Waals surface area (Å²) in [4.78, 5) is 43.4. The van der Waals surface area contributed by atoms with Gasteiger partial charge in [0.2, 0.25) is 0 Å². The number of nitro groups is 1. The minimum Gasteiger partial charge on any atom is -0.496 e. The Morgan fingerprint density at radius 2 is 1.90 bits per heavy atom. The second-order valence-electron chi connectivity index (χ2n) is 8.49. The number of carbonyl (C=O) groups excluding carboxylic acids is 1. The molecule has 4 rings (SSSR count). The van der Waals surface area contributed by atoms with Crippen molar-refractivity contribution >= 4 is 45.0 Å². The Labute approximate surface area is 236 Å². The number of methoxy groups -OCH3 is 2. The van der Waals surface area contributed by atoms with Crippen molar-refractivity contribution in [3.8, 4) is 11.5 Å². The minimum atomic E-state index is -0.860. The van der Waals surface area contributed by atoms with Crippen molar-refractivity contribution in [3.05, 3.63) is 93.1 Å². The van der Waals surface area contributed by atoms with Crippen LogP contribution in [0.2, 0.25) is 0 Å². The molecule has 10 nitrogen and oxygen atoms in total. The van der Waals surface area contributed by atoms with Crippen LogP contribution in [0.25, 0.3) is 6.08 Å². The van der Waals surface area contributed by atoms with Crippen molar-refractivity contribution in [2.75, 3.05) is 20.8 Å². The van der Waals surface area contributed by atoms with Crippen molar-refractivity contribution in [2.45, 2.75) is 32.7 Å². The number of esters is 1. The summed E-state index contributed by atoms with van der Waals surface area (Å²) in [5.74, 6) is 0.0449. The fourth-order valence-corrected chi connectivity index (χ4v) is 5.82. The molecule has 1 aliphatic heterocycles. The molecule has 0 saturated heterocycles. The van der Waals surface area contributed by atoms with Gasteiger partial charge >= 0.3 is 11.7 Å². The first-order chi connectivity index (χ1) is 18.7. The molecule has 39 heavy (non-hydrogen) atoms. The number of carbonyl (C=O) groups is 1. The highest BCUT2D eigenvalue weighted by Gasteiger charge is 2.36. The van der Waals surface area contributed by atoms with Crippen LogP contribution in [0.4, 0.5) is 5.69 Å². The molecule has 0 N–H and O–H groups in total. The number of allylic oxidation sites excluding steroid dienone is 1. The zero-order valence-corrected chi connectivity index (χ0v) is 24.1. The van der Waals surface area contributed by atoms with E-state index >= 15 is 0 Å². The minimum absolute atomic E-state index is 0.114. The SMILES string of the molecule is CCCC1=C(C(=O)OCC)[C@H](c2cc(Br)ccc2OC)n2c(s/c(=C/c3ccc(OC)c([N+](=O)[O-])c3)c2=O)=N1. The lowest BCUT2D eigenvalue weighted by Crippen LogP contribution is -2.40. The fraction of sp³-hybridized carbons (Fsp3) is 0.296. The summed E-state index contributed by atoms with van der Waals surface area (Å²) in [7, 11) is 2.87. The predicted molar refractivity (Wildman–Crippen MR) is 150 cm³/mol. The molecule has 0 amide bonds. The molecule has 0 aliphatic carbocycles. The first kappa shape index (κ1) is 28.2. The van der Waals surface area contributed by atoms with E-state index in [1.807, 2.05) is 19.1 Å². The largest absolute Gasteiger partial charge is 0.496 e. The van der Waals surface area contributed by atoms with Gasteiger partial charge in [-0.25, -0.2) is 9.79 Å². The number of nitrogens with zero attached hydrogens (tertiary/aromatic N) is 3. The molecule has 1 atom stereocenters. The number of rotatable bonds is 9. The highest BCUT2D eigenvalue weighted by Crippen LogP contribution is 2.38. The third-order valence-corrected chi connectivity index (χ3v) is 7.55. The molecule has 3 aromatic rings. The van der Waals surface area contributed by atoms with Gasteiger partial charge in [0.25, 0.3) is 5.56 Å². The molecule has 0 saturated carbocycles.